The highest BCUT2D eigenvalue weighted by Gasteiger charge is 2.17. The normalized spacial score (nSPS) is 21.1. The van der Waals surface area contributed by atoms with E-state index in [0.717, 1.165) is 10.9 Å². The molecule has 0 aromatic heterocycles. The lowest BCUT2D eigenvalue weighted by atomic mass is 9.89. The molecule has 3 heteroatoms. The minimum Gasteiger partial charge on any atom is -0.271 e. The molecular formula is C16H23BrN2. The number of nitrogens with one attached hydrogen (secondary N) is 1. The van der Waals surface area contributed by atoms with E-state index in [9.17, 15) is 0 Å². The third-order valence-electron chi connectivity index (χ3n) is 3.91. The summed E-state index contributed by atoms with van der Waals surface area (Å²) in [6, 6.07) is 6.58. The highest BCUT2D eigenvalue weighted by Crippen LogP contribution is 2.31. The third kappa shape index (κ3) is 3.91. The predicted molar refractivity (Wildman–Crippen MR) is 84.7 cm³/mol. The van der Waals surface area contributed by atoms with Gasteiger partial charge in [-0.2, -0.15) is 0 Å². The van der Waals surface area contributed by atoms with E-state index in [-0.39, 0.29) is 6.04 Å². The molecule has 19 heavy (non-hydrogen) atoms. The quantitative estimate of drug-likeness (QED) is 0.487. The number of halogens is 1. The van der Waals surface area contributed by atoms with Gasteiger partial charge >= 0.3 is 0 Å². The van der Waals surface area contributed by atoms with Crippen LogP contribution < -0.4 is 11.3 Å². The van der Waals surface area contributed by atoms with Crippen molar-refractivity contribution < 1.29 is 0 Å². The molecule has 0 aliphatic heterocycles. The van der Waals surface area contributed by atoms with Gasteiger partial charge in [0, 0.05) is 4.47 Å². The molecule has 0 bridgehead atoms. The van der Waals surface area contributed by atoms with E-state index in [0.29, 0.717) is 0 Å². The summed E-state index contributed by atoms with van der Waals surface area (Å²) in [5.41, 5.74) is 7.03. The number of nitrogens with two attached hydrogens (primary N) is 1. The molecule has 2 nitrogen and oxygen atoms in total. The molecule has 3 N–H and O–H groups in total. The van der Waals surface area contributed by atoms with Crippen molar-refractivity contribution in [3.63, 3.8) is 0 Å². The minimum atomic E-state index is 0.159. The second-order valence-electron chi connectivity index (χ2n) is 5.33. The summed E-state index contributed by atoms with van der Waals surface area (Å²) in [6.07, 6.45) is 10.0. The molecule has 104 valence electrons. The lowest BCUT2D eigenvalue weighted by Crippen LogP contribution is -2.30. The van der Waals surface area contributed by atoms with Crippen LogP contribution in [-0.4, -0.2) is 0 Å². The Balaban J connectivity index is 2.27. The summed E-state index contributed by atoms with van der Waals surface area (Å²) in [5.74, 6) is 5.83. The monoisotopic (exact) mass is 322 g/mol. The minimum absolute atomic E-state index is 0.159. The van der Waals surface area contributed by atoms with Crippen molar-refractivity contribution in [1.29, 1.82) is 0 Å². The Kier molecular flexibility index (Phi) is 5.61. The average molecular weight is 323 g/mol. The molecule has 2 rings (SSSR count). The first-order valence-corrected chi connectivity index (χ1v) is 7.93. The molecule has 0 heterocycles. The Morgan fingerprint density at radius 1 is 1.21 bits per heavy atom. The van der Waals surface area contributed by atoms with Gasteiger partial charge in [0.15, 0.2) is 0 Å². The standard InChI is InChI=1S/C16H23BrN2/c1-12-11-14(17)9-10-15(12)16(19-18)13-7-5-3-2-4-6-8-13/h7,9-11,16,19H,2-6,8,18H2,1H3/b13-7+. The zero-order valence-electron chi connectivity index (χ0n) is 11.6. The van der Waals surface area contributed by atoms with E-state index in [1.165, 1.54) is 48.8 Å². The van der Waals surface area contributed by atoms with Crippen LogP contribution in [0.4, 0.5) is 0 Å². The van der Waals surface area contributed by atoms with Crippen LogP contribution in [0.3, 0.4) is 0 Å². The predicted octanol–water partition coefficient (Wildman–Crippen LogP) is 4.54. The Morgan fingerprint density at radius 3 is 2.74 bits per heavy atom. The number of hydrogen-bond acceptors (Lipinski definition) is 2. The van der Waals surface area contributed by atoms with E-state index in [1.807, 2.05) is 0 Å². The lowest BCUT2D eigenvalue weighted by Gasteiger charge is -2.23. The molecule has 1 aromatic rings. The van der Waals surface area contributed by atoms with Crippen molar-refractivity contribution in [3.8, 4) is 0 Å². The van der Waals surface area contributed by atoms with Crippen LogP contribution in [0.15, 0.2) is 34.3 Å². The van der Waals surface area contributed by atoms with E-state index in [2.05, 4.69) is 52.6 Å². The Bertz CT molecular complexity index is 454. The van der Waals surface area contributed by atoms with Crippen molar-refractivity contribution in [2.24, 2.45) is 5.84 Å². The second-order valence-corrected chi connectivity index (χ2v) is 6.25. The number of aryl methyl sites for hydroxylation is 1. The lowest BCUT2D eigenvalue weighted by molar-refractivity contribution is 0.554. The average Bonchev–Trinajstić information content (AvgIpc) is 2.34. The van der Waals surface area contributed by atoms with Gasteiger partial charge in [0.1, 0.15) is 0 Å². The summed E-state index contributed by atoms with van der Waals surface area (Å²) < 4.78 is 1.12. The van der Waals surface area contributed by atoms with Crippen molar-refractivity contribution in [2.75, 3.05) is 0 Å². The van der Waals surface area contributed by atoms with Crippen LogP contribution in [-0.2, 0) is 0 Å². The Hall–Kier alpha value is -0.640. The van der Waals surface area contributed by atoms with Gasteiger partial charge in [-0.25, -0.2) is 5.43 Å². The molecule has 1 unspecified atom stereocenters. The first-order valence-electron chi connectivity index (χ1n) is 7.13. The number of hydrogen-bond donors (Lipinski definition) is 2. The zero-order valence-corrected chi connectivity index (χ0v) is 13.2. The van der Waals surface area contributed by atoms with E-state index in [1.54, 1.807) is 0 Å². The molecule has 1 aliphatic carbocycles. The van der Waals surface area contributed by atoms with E-state index in [4.69, 9.17) is 5.84 Å². The maximum absolute atomic E-state index is 5.83. The van der Waals surface area contributed by atoms with Crippen molar-refractivity contribution in [2.45, 2.75) is 51.5 Å². The molecule has 0 amide bonds. The molecule has 0 radical (unpaired) electrons. The summed E-state index contributed by atoms with van der Waals surface area (Å²) >= 11 is 3.52. The molecule has 0 saturated carbocycles. The summed E-state index contributed by atoms with van der Waals surface area (Å²) in [7, 11) is 0. The highest BCUT2D eigenvalue weighted by molar-refractivity contribution is 9.10. The topological polar surface area (TPSA) is 38.0 Å². The van der Waals surface area contributed by atoms with Crippen LogP contribution in [0, 0.1) is 6.92 Å². The van der Waals surface area contributed by atoms with Crippen LogP contribution in [0.25, 0.3) is 0 Å². The molecular weight excluding hydrogens is 300 g/mol. The van der Waals surface area contributed by atoms with Crippen LogP contribution >= 0.6 is 15.9 Å². The van der Waals surface area contributed by atoms with E-state index >= 15 is 0 Å². The van der Waals surface area contributed by atoms with Crippen LogP contribution in [0.5, 0.6) is 0 Å². The van der Waals surface area contributed by atoms with Crippen LogP contribution in [0.2, 0.25) is 0 Å². The molecule has 0 spiro atoms. The summed E-state index contributed by atoms with van der Waals surface area (Å²) in [4.78, 5) is 0. The Morgan fingerprint density at radius 2 is 2.00 bits per heavy atom. The first kappa shape index (κ1) is 14.8. The molecule has 0 fully saturated rings. The van der Waals surface area contributed by atoms with Gasteiger partial charge in [-0.3, -0.25) is 5.84 Å². The van der Waals surface area contributed by atoms with Crippen molar-refractivity contribution >= 4 is 15.9 Å². The fraction of sp³-hybridized carbons (Fsp3) is 0.500. The van der Waals surface area contributed by atoms with Gasteiger partial charge in [0.05, 0.1) is 6.04 Å². The smallest absolute Gasteiger partial charge is 0.0672 e. The van der Waals surface area contributed by atoms with Gasteiger partial charge in [-0.05, 0) is 55.9 Å². The fourth-order valence-electron chi connectivity index (χ4n) is 2.84. The van der Waals surface area contributed by atoms with Gasteiger partial charge in [-0.15, -0.1) is 0 Å². The van der Waals surface area contributed by atoms with Crippen molar-refractivity contribution in [3.05, 3.63) is 45.4 Å². The highest BCUT2D eigenvalue weighted by atomic mass is 79.9. The van der Waals surface area contributed by atoms with Gasteiger partial charge in [-0.1, -0.05) is 46.5 Å². The number of benzene rings is 1. The summed E-state index contributed by atoms with van der Waals surface area (Å²) in [5, 5.41) is 0. The molecule has 1 aliphatic rings. The van der Waals surface area contributed by atoms with Gasteiger partial charge < -0.3 is 0 Å². The van der Waals surface area contributed by atoms with Crippen molar-refractivity contribution in [1.82, 2.24) is 5.43 Å². The third-order valence-corrected chi connectivity index (χ3v) is 4.40. The number of hydrazine groups is 1. The number of allylic oxidation sites excluding steroid dienone is 1. The second kappa shape index (κ2) is 7.22. The molecule has 1 atom stereocenters. The van der Waals surface area contributed by atoms with Crippen LogP contribution in [0.1, 0.15) is 55.7 Å². The fourth-order valence-corrected chi connectivity index (χ4v) is 3.31. The SMILES string of the molecule is Cc1cc(Br)ccc1C(NN)/C1=C/CCCCCC1. The number of rotatable bonds is 3. The van der Waals surface area contributed by atoms with Gasteiger partial charge in [0.2, 0.25) is 0 Å². The zero-order chi connectivity index (χ0) is 13.7. The maximum Gasteiger partial charge on any atom is 0.0672 e. The van der Waals surface area contributed by atoms with E-state index < -0.39 is 0 Å². The maximum atomic E-state index is 5.83. The molecule has 1 aromatic carbocycles. The Labute approximate surface area is 124 Å². The molecule has 0 saturated heterocycles. The van der Waals surface area contributed by atoms with Gasteiger partial charge in [0.25, 0.3) is 0 Å². The largest absolute Gasteiger partial charge is 0.271 e. The first-order chi connectivity index (χ1) is 9.22. The summed E-state index contributed by atoms with van der Waals surface area (Å²) in [6.45, 7) is 2.15.